The molecule has 0 spiro atoms. The lowest BCUT2D eigenvalue weighted by Gasteiger charge is -2.40. The van der Waals surface area contributed by atoms with Crippen LogP contribution >= 0.6 is 15.9 Å². The van der Waals surface area contributed by atoms with Gasteiger partial charge in [-0.25, -0.2) is 0 Å². The highest BCUT2D eigenvalue weighted by Gasteiger charge is 2.39. The van der Waals surface area contributed by atoms with Crippen LogP contribution in [-0.4, -0.2) is 29.9 Å². The first-order chi connectivity index (χ1) is 15.8. The first-order valence-electron chi connectivity index (χ1n) is 11.0. The van der Waals surface area contributed by atoms with Crippen molar-refractivity contribution in [3.63, 3.8) is 0 Å². The van der Waals surface area contributed by atoms with Crippen LogP contribution in [0.1, 0.15) is 23.1 Å². The van der Waals surface area contributed by atoms with Gasteiger partial charge in [0.1, 0.15) is 17.2 Å². The Kier molecular flexibility index (Phi) is 8.88. The van der Waals surface area contributed by atoms with Gasteiger partial charge in [0.25, 0.3) is 0 Å². The Labute approximate surface area is 198 Å². The minimum Gasteiger partial charge on any atom is -0.374 e. The van der Waals surface area contributed by atoms with Gasteiger partial charge >= 0.3 is 0 Å². The van der Waals surface area contributed by atoms with Crippen molar-refractivity contribution in [3.8, 4) is 0 Å². The molecular formula is C27H29BrO4. The van der Waals surface area contributed by atoms with Crippen LogP contribution in [0.3, 0.4) is 0 Å². The molecule has 0 saturated carbocycles. The van der Waals surface area contributed by atoms with Gasteiger partial charge in [0.2, 0.25) is 0 Å². The molecule has 0 radical (unpaired) electrons. The van der Waals surface area contributed by atoms with E-state index >= 15 is 0 Å². The molecule has 0 aliphatic carbocycles. The van der Waals surface area contributed by atoms with E-state index in [0.717, 1.165) is 16.7 Å². The summed E-state index contributed by atoms with van der Waals surface area (Å²) in [6.45, 7) is 2.01. The molecule has 1 heterocycles. The normalized spacial score (nSPS) is 23.2. The molecule has 4 nitrogen and oxygen atoms in total. The van der Waals surface area contributed by atoms with E-state index in [1.807, 2.05) is 54.6 Å². The zero-order valence-electron chi connectivity index (χ0n) is 18.0. The standard InChI is InChI=1S/C27H29BrO4/c28-26-16-24(30-18-22-12-6-2-7-13-22)27(31-19-23-14-8-3-9-15-23)25(32-26)20-29-17-21-10-4-1-5-11-21/h1-15,24-27H,16-20H2/t24-,25-,26-,27+/m1/s1. The number of rotatable bonds is 10. The van der Waals surface area contributed by atoms with Crippen LogP contribution in [0, 0.1) is 0 Å². The van der Waals surface area contributed by atoms with E-state index in [1.54, 1.807) is 0 Å². The molecule has 1 aliphatic rings. The molecule has 0 aromatic heterocycles. The largest absolute Gasteiger partial charge is 0.374 e. The summed E-state index contributed by atoms with van der Waals surface area (Å²) in [5, 5.41) is -0.106. The predicted octanol–water partition coefficient (Wildman–Crippen LogP) is 5.88. The zero-order valence-corrected chi connectivity index (χ0v) is 19.6. The van der Waals surface area contributed by atoms with Crippen molar-refractivity contribution >= 4 is 15.9 Å². The predicted molar refractivity (Wildman–Crippen MR) is 128 cm³/mol. The summed E-state index contributed by atoms with van der Waals surface area (Å²) < 4.78 is 24.9. The van der Waals surface area contributed by atoms with Gasteiger partial charge in [-0.2, -0.15) is 0 Å². The quantitative estimate of drug-likeness (QED) is 0.328. The van der Waals surface area contributed by atoms with Crippen molar-refractivity contribution in [3.05, 3.63) is 108 Å². The highest BCUT2D eigenvalue weighted by Crippen LogP contribution is 2.30. The molecule has 32 heavy (non-hydrogen) atoms. The van der Waals surface area contributed by atoms with E-state index in [4.69, 9.17) is 18.9 Å². The molecule has 3 aromatic carbocycles. The molecule has 1 aliphatic heterocycles. The van der Waals surface area contributed by atoms with Crippen molar-refractivity contribution in [2.45, 2.75) is 49.6 Å². The molecule has 4 rings (SSSR count). The fourth-order valence-electron chi connectivity index (χ4n) is 3.80. The lowest BCUT2D eigenvalue weighted by atomic mass is 10.0. The molecule has 3 aromatic rings. The second kappa shape index (κ2) is 12.3. The van der Waals surface area contributed by atoms with E-state index in [9.17, 15) is 0 Å². The maximum absolute atomic E-state index is 6.38. The zero-order chi connectivity index (χ0) is 22.0. The number of ether oxygens (including phenoxy) is 4. The van der Waals surface area contributed by atoms with E-state index in [-0.39, 0.29) is 23.3 Å². The van der Waals surface area contributed by atoms with Crippen molar-refractivity contribution in [1.82, 2.24) is 0 Å². The topological polar surface area (TPSA) is 36.9 Å². The van der Waals surface area contributed by atoms with E-state index < -0.39 is 0 Å². The van der Waals surface area contributed by atoms with Crippen LogP contribution in [-0.2, 0) is 38.8 Å². The van der Waals surface area contributed by atoms with Gasteiger partial charge in [0.05, 0.1) is 32.5 Å². The minimum atomic E-state index is -0.235. The number of hydrogen-bond donors (Lipinski definition) is 0. The Hall–Kier alpha value is -2.02. The smallest absolute Gasteiger partial charge is 0.115 e. The molecule has 5 heteroatoms. The van der Waals surface area contributed by atoms with Crippen LogP contribution < -0.4 is 0 Å². The average Bonchev–Trinajstić information content (AvgIpc) is 2.84. The first-order valence-corrected chi connectivity index (χ1v) is 11.9. The average molecular weight is 497 g/mol. The van der Waals surface area contributed by atoms with Crippen LogP contribution in [0.4, 0.5) is 0 Å². The number of alkyl halides is 1. The Balaban J connectivity index is 1.42. The minimum absolute atomic E-state index is 0.106. The molecule has 1 saturated heterocycles. The molecular weight excluding hydrogens is 468 g/mol. The number of hydrogen-bond acceptors (Lipinski definition) is 4. The fraction of sp³-hybridized carbons (Fsp3) is 0.333. The van der Waals surface area contributed by atoms with Gasteiger partial charge in [-0.05, 0) is 16.7 Å². The Morgan fingerprint density at radius 1 is 0.688 bits per heavy atom. The Morgan fingerprint density at radius 3 is 1.75 bits per heavy atom. The van der Waals surface area contributed by atoms with Crippen molar-refractivity contribution in [1.29, 1.82) is 0 Å². The molecule has 4 atom stereocenters. The van der Waals surface area contributed by atoms with Crippen LogP contribution in [0.2, 0.25) is 0 Å². The van der Waals surface area contributed by atoms with Gasteiger partial charge in [0.15, 0.2) is 0 Å². The number of halogens is 1. The molecule has 0 unspecified atom stereocenters. The second-order valence-corrected chi connectivity index (χ2v) is 8.94. The molecule has 0 amide bonds. The van der Waals surface area contributed by atoms with Crippen molar-refractivity contribution in [2.24, 2.45) is 0 Å². The Bertz CT molecular complexity index is 907. The maximum atomic E-state index is 6.38. The summed E-state index contributed by atoms with van der Waals surface area (Å²) >= 11 is 3.64. The SMILES string of the molecule is Br[C@H]1C[C@@H](OCc2ccccc2)[C@H](OCc2ccccc2)[C@@H](COCc2ccccc2)O1. The Morgan fingerprint density at radius 2 is 1.19 bits per heavy atom. The third-order valence-corrected chi connectivity index (χ3v) is 6.05. The monoisotopic (exact) mass is 496 g/mol. The van der Waals surface area contributed by atoms with Crippen molar-refractivity contribution in [2.75, 3.05) is 6.61 Å². The molecule has 168 valence electrons. The first kappa shape index (κ1) is 23.1. The lowest BCUT2D eigenvalue weighted by molar-refractivity contribution is -0.203. The fourth-order valence-corrected chi connectivity index (χ4v) is 4.45. The summed E-state index contributed by atoms with van der Waals surface area (Å²) in [4.78, 5) is 0. The summed E-state index contributed by atoms with van der Waals surface area (Å²) in [5.74, 6) is 0. The third kappa shape index (κ3) is 6.99. The van der Waals surface area contributed by atoms with E-state index in [2.05, 4.69) is 52.3 Å². The van der Waals surface area contributed by atoms with Crippen molar-refractivity contribution < 1.29 is 18.9 Å². The molecule has 0 bridgehead atoms. The lowest BCUT2D eigenvalue weighted by Crippen LogP contribution is -2.51. The molecule has 1 fully saturated rings. The summed E-state index contributed by atoms with van der Waals surface area (Å²) in [6, 6.07) is 30.6. The third-order valence-electron chi connectivity index (χ3n) is 5.46. The van der Waals surface area contributed by atoms with Crippen LogP contribution in [0.25, 0.3) is 0 Å². The van der Waals surface area contributed by atoms with Crippen LogP contribution in [0.15, 0.2) is 91.0 Å². The molecule has 0 N–H and O–H groups in total. The van der Waals surface area contributed by atoms with Crippen LogP contribution in [0.5, 0.6) is 0 Å². The number of benzene rings is 3. The highest BCUT2D eigenvalue weighted by atomic mass is 79.9. The van der Waals surface area contributed by atoms with Gasteiger partial charge in [-0.3, -0.25) is 0 Å². The maximum Gasteiger partial charge on any atom is 0.115 e. The van der Waals surface area contributed by atoms with Gasteiger partial charge in [-0.1, -0.05) is 107 Å². The van der Waals surface area contributed by atoms with E-state index in [1.165, 1.54) is 0 Å². The van der Waals surface area contributed by atoms with Gasteiger partial charge in [0, 0.05) is 6.42 Å². The van der Waals surface area contributed by atoms with Gasteiger partial charge in [-0.15, -0.1) is 0 Å². The highest BCUT2D eigenvalue weighted by molar-refractivity contribution is 9.09. The summed E-state index contributed by atoms with van der Waals surface area (Å²) in [6.07, 6.45) is 0.133. The summed E-state index contributed by atoms with van der Waals surface area (Å²) in [7, 11) is 0. The summed E-state index contributed by atoms with van der Waals surface area (Å²) in [5.41, 5.74) is 3.40. The van der Waals surface area contributed by atoms with E-state index in [0.29, 0.717) is 32.8 Å². The van der Waals surface area contributed by atoms with Gasteiger partial charge < -0.3 is 18.9 Å². The second-order valence-electron chi connectivity index (χ2n) is 7.92.